The number of carbonyl (C=O) groups excluding carboxylic acids is 1. The Balaban J connectivity index is 1.81. The summed E-state index contributed by atoms with van der Waals surface area (Å²) in [6.45, 7) is 8.44. The molecule has 2 aromatic heterocycles. The molecule has 0 unspecified atom stereocenters. The predicted octanol–water partition coefficient (Wildman–Crippen LogP) is 5.76. The summed E-state index contributed by atoms with van der Waals surface area (Å²) in [6, 6.07) is 9.33. The number of amides is 1. The molecular formula is C21H24ClN3O2S. The van der Waals surface area contributed by atoms with Crippen LogP contribution < -0.4 is 0 Å². The summed E-state index contributed by atoms with van der Waals surface area (Å²) in [5.74, 6) is 0.732. The van der Waals surface area contributed by atoms with Gasteiger partial charge >= 0.3 is 0 Å². The van der Waals surface area contributed by atoms with Crippen LogP contribution in [0.3, 0.4) is 0 Å². The maximum atomic E-state index is 13.1. The summed E-state index contributed by atoms with van der Waals surface area (Å²) >= 11 is 7.75. The molecule has 0 aliphatic rings. The number of benzene rings is 1. The molecule has 0 aliphatic carbocycles. The van der Waals surface area contributed by atoms with E-state index in [0.717, 1.165) is 17.7 Å². The molecule has 0 saturated heterocycles. The molecule has 3 aromatic rings. The second-order valence-electron chi connectivity index (χ2n) is 6.95. The van der Waals surface area contributed by atoms with Crippen molar-refractivity contribution in [3.05, 3.63) is 56.6 Å². The van der Waals surface area contributed by atoms with Crippen molar-refractivity contribution in [2.24, 2.45) is 0 Å². The van der Waals surface area contributed by atoms with E-state index < -0.39 is 0 Å². The third-order valence-electron chi connectivity index (χ3n) is 4.51. The first-order valence-electron chi connectivity index (χ1n) is 9.38. The summed E-state index contributed by atoms with van der Waals surface area (Å²) in [5.41, 5.74) is 1.93. The molecule has 5 nitrogen and oxygen atoms in total. The van der Waals surface area contributed by atoms with Gasteiger partial charge in [-0.1, -0.05) is 37.1 Å². The zero-order chi connectivity index (χ0) is 20.3. The van der Waals surface area contributed by atoms with Crippen molar-refractivity contribution in [3.8, 4) is 11.5 Å². The van der Waals surface area contributed by atoms with Crippen LogP contribution in [0, 0.1) is 6.92 Å². The van der Waals surface area contributed by atoms with E-state index in [2.05, 4.69) is 24.0 Å². The zero-order valence-electron chi connectivity index (χ0n) is 16.5. The Labute approximate surface area is 174 Å². The first kappa shape index (κ1) is 20.6. The number of halogens is 1. The van der Waals surface area contributed by atoms with Crippen LogP contribution in [0.5, 0.6) is 0 Å². The fourth-order valence-corrected chi connectivity index (χ4v) is 4.22. The second-order valence-corrected chi connectivity index (χ2v) is 8.61. The van der Waals surface area contributed by atoms with Gasteiger partial charge in [0.25, 0.3) is 5.91 Å². The van der Waals surface area contributed by atoms with E-state index in [4.69, 9.17) is 16.0 Å². The van der Waals surface area contributed by atoms with Gasteiger partial charge in [-0.15, -0.1) is 21.5 Å². The topological polar surface area (TPSA) is 59.2 Å². The standard InChI is InChI=1S/C21H24ClN3O2S/c1-5-8-15-11-18(28-14(15)4)21(26)25(13(2)3)12-19-23-24-20(27-19)16-9-6-7-10-17(16)22/h6-7,9-11,13H,5,8,12H2,1-4H3. The zero-order valence-corrected chi connectivity index (χ0v) is 18.1. The number of aromatic nitrogens is 2. The fourth-order valence-electron chi connectivity index (χ4n) is 2.98. The Morgan fingerprint density at radius 1 is 1.29 bits per heavy atom. The van der Waals surface area contributed by atoms with Gasteiger partial charge in [-0.2, -0.15) is 0 Å². The molecular weight excluding hydrogens is 394 g/mol. The lowest BCUT2D eigenvalue weighted by Gasteiger charge is -2.24. The van der Waals surface area contributed by atoms with E-state index in [9.17, 15) is 4.79 Å². The first-order valence-corrected chi connectivity index (χ1v) is 10.6. The van der Waals surface area contributed by atoms with E-state index in [-0.39, 0.29) is 18.5 Å². The number of hydrogen-bond acceptors (Lipinski definition) is 5. The van der Waals surface area contributed by atoms with Crippen LogP contribution in [-0.4, -0.2) is 27.0 Å². The monoisotopic (exact) mass is 417 g/mol. The Hall–Kier alpha value is -2.18. The van der Waals surface area contributed by atoms with Gasteiger partial charge in [0.2, 0.25) is 11.8 Å². The molecule has 0 fully saturated rings. The molecule has 0 bridgehead atoms. The number of rotatable bonds is 7. The van der Waals surface area contributed by atoms with Gasteiger partial charge in [0.05, 0.1) is 22.0 Å². The van der Waals surface area contributed by atoms with Crippen LogP contribution >= 0.6 is 22.9 Å². The molecule has 1 amide bonds. The number of carbonyl (C=O) groups is 1. The number of hydrogen-bond donors (Lipinski definition) is 0. The van der Waals surface area contributed by atoms with Crippen LogP contribution in [0.25, 0.3) is 11.5 Å². The Morgan fingerprint density at radius 3 is 2.71 bits per heavy atom. The fraction of sp³-hybridized carbons (Fsp3) is 0.381. The van der Waals surface area contributed by atoms with Crippen molar-refractivity contribution in [2.45, 2.75) is 53.1 Å². The molecule has 0 N–H and O–H groups in total. The highest BCUT2D eigenvalue weighted by atomic mass is 35.5. The lowest BCUT2D eigenvalue weighted by Crippen LogP contribution is -2.36. The van der Waals surface area contributed by atoms with Crippen LogP contribution in [0.2, 0.25) is 5.02 Å². The highest BCUT2D eigenvalue weighted by molar-refractivity contribution is 7.14. The summed E-state index contributed by atoms with van der Waals surface area (Å²) in [5, 5.41) is 8.76. The Morgan fingerprint density at radius 2 is 2.04 bits per heavy atom. The minimum absolute atomic E-state index is 0.000180. The molecule has 0 radical (unpaired) electrons. The maximum absolute atomic E-state index is 13.1. The average molecular weight is 418 g/mol. The van der Waals surface area contributed by atoms with E-state index in [1.807, 2.05) is 38.1 Å². The molecule has 7 heteroatoms. The highest BCUT2D eigenvalue weighted by Gasteiger charge is 2.24. The summed E-state index contributed by atoms with van der Waals surface area (Å²) in [4.78, 5) is 16.8. The van der Waals surface area contributed by atoms with Crippen molar-refractivity contribution in [1.29, 1.82) is 0 Å². The van der Waals surface area contributed by atoms with Crippen molar-refractivity contribution >= 4 is 28.8 Å². The molecule has 0 aliphatic heterocycles. The minimum Gasteiger partial charge on any atom is -0.419 e. The predicted molar refractivity (Wildman–Crippen MR) is 113 cm³/mol. The highest BCUT2D eigenvalue weighted by Crippen LogP contribution is 2.28. The molecule has 2 heterocycles. The van der Waals surface area contributed by atoms with Crippen LogP contribution in [0.4, 0.5) is 0 Å². The summed E-state index contributed by atoms with van der Waals surface area (Å²) in [6.07, 6.45) is 2.05. The second kappa shape index (κ2) is 8.88. The molecule has 28 heavy (non-hydrogen) atoms. The third-order valence-corrected chi connectivity index (χ3v) is 5.92. The number of thiophene rings is 1. The average Bonchev–Trinajstić information content (AvgIpc) is 3.27. The van der Waals surface area contributed by atoms with Gasteiger partial charge in [0.1, 0.15) is 0 Å². The largest absolute Gasteiger partial charge is 0.419 e. The lowest BCUT2D eigenvalue weighted by molar-refractivity contribution is 0.0677. The van der Waals surface area contributed by atoms with Gasteiger partial charge in [0, 0.05) is 10.9 Å². The van der Waals surface area contributed by atoms with Gasteiger partial charge in [-0.25, -0.2) is 0 Å². The van der Waals surface area contributed by atoms with Crippen molar-refractivity contribution < 1.29 is 9.21 Å². The van der Waals surface area contributed by atoms with E-state index in [1.165, 1.54) is 10.4 Å². The minimum atomic E-state index is -0.0112. The number of nitrogens with zero attached hydrogens (tertiary/aromatic N) is 3. The lowest BCUT2D eigenvalue weighted by atomic mass is 10.1. The Bertz CT molecular complexity index is 964. The van der Waals surface area contributed by atoms with E-state index in [1.54, 1.807) is 22.3 Å². The molecule has 148 valence electrons. The smallest absolute Gasteiger partial charge is 0.264 e. The van der Waals surface area contributed by atoms with Crippen LogP contribution in [-0.2, 0) is 13.0 Å². The third kappa shape index (κ3) is 4.45. The van der Waals surface area contributed by atoms with Crippen molar-refractivity contribution in [1.82, 2.24) is 15.1 Å². The molecule has 0 atom stereocenters. The molecule has 1 aromatic carbocycles. The molecule has 0 spiro atoms. The Kier molecular flexibility index (Phi) is 6.52. The SMILES string of the molecule is CCCc1cc(C(=O)N(Cc2nnc(-c3ccccc3Cl)o2)C(C)C)sc1C. The van der Waals surface area contributed by atoms with E-state index in [0.29, 0.717) is 22.4 Å². The molecule has 0 saturated carbocycles. The summed E-state index contributed by atoms with van der Waals surface area (Å²) in [7, 11) is 0. The molecule has 3 rings (SSSR count). The maximum Gasteiger partial charge on any atom is 0.264 e. The quantitative estimate of drug-likeness (QED) is 0.490. The van der Waals surface area contributed by atoms with Gasteiger partial charge < -0.3 is 9.32 Å². The van der Waals surface area contributed by atoms with E-state index >= 15 is 0 Å². The van der Waals surface area contributed by atoms with Crippen LogP contribution in [0.15, 0.2) is 34.7 Å². The first-order chi connectivity index (χ1) is 13.4. The van der Waals surface area contributed by atoms with Gasteiger partial charge in [-0.3, -0.25) is 4.79 Å². The van der Waals surface area contributed by atoms with Crippen LogP contribution in [0.1, 0.15) is 53.2 Å². The van der Waals surface area contributed by atoms with Crippen molar-refractivity contribution in [3.63, 3.8) is 0 Å². The van der Waals surface area contributed by atoms with Gasteiger partial charge in [-0.05, 0) is 51.0 Å². The summed E-state index contributed by atoms with van der Waals surface area (Å²) < 4.78 is 5.79. The number of aryl methyl sites for hydroxylation is 2. The normalized spacial score (nSPS) is 11.2. The van der Waals surface area contributed by atoms with Gasteiger partial charge in [0.15, 0.2) is 0 Å². The van der Waals surface area contributed by atoms with Crippen molar-refractivity contribution in [2.75, 3.05) is 0 Å².